The second-order valence-electron chi connectivity index (χ2n) is 13.5. The van der Waals surface area contributed by atoms with E-state index in [4.69, 9.17) is 9.98 Å². The summed E-state index contributed by atoms with van der Waals surface area (Å²) < 4.78 is 0. The molecule has 2 aliphatic heterocycles. The van der Waals surface area contributed by atoms with Crippen molar-refractivity contribution in [1.29, 1.82) is 0 Å². The maximum Gasteiger partial charge on any atom is 0.169 e. The summed E-state index contributed by atoms with van der Waals surface area (Å²) in [4.78, 5) is 12.5. The fourth-order valence-corrected chi connectivity index (χ4v) is 7.30. The zero-order valence-electron chi connectivity index (χ0n) is 29.5. The van der Waals surface area contributed by atoms with Crippen molar-refractivity contribution in [3.05, 3.63) is 199 Å². The van der Waals surface area contributed by atoms with Crippen LogP contribution in [0.3, 0.4) is 0 Å². The standard InChI is InChI=1S/C48H39N5/c1-2-45-49-43-18-9-10-19-44(43)53(45)42-30-28-36(29-31-42)41-17-11-16-40(32-41)35-22-20-33(21-23-35)34-24-26-39(27-25-34)48-51-46(37-12-5-3-6-13-37)50-47(52-48)38-14-7-4-8-15-38/h3-32,45,48-49H,2H2,1H3,(H,50,51,52). The molecule has 2 N–H and O–H groups in total. The van der Waals surface area contributed by atoms with Gasteiger partial charge in [-0.2, -0.15) is 0 Å². The molecule has 0 bridgehead atoms. The maximum atomic E-state index is 5.02. The monoisotopic (exact) mass is 685 g/mol. The van der Waals surface area contributed by atoms with Gasteiger partial charge in [0.2, 0.25) is 0 Å². The summed E-state index contributed by atoms with van der Waals surface area (Å²) in [6, 6.07) is 64.3. The molecule has 5 nitrogen and oxygen atoms in total. The van der Waals surface area contributed by atoms with Crippen LogP contribution in [0.5, 0.6) is 0 Å². The van der Waals surface area contributed by atoms with Gasteiger partial charge in [0, 0.05) is 16.8 Å². The molecule has 2 heterocycles. The average Bonchev–Trinajstić information content (AvgIpc) is 3.63. The van der Waals surface area contributed by atoms with Crippen LogP contribution in [0, 0.1) is 0 Å². The van der Waals surface area contributed by atoms with Gasteiger partial charge in [0.05, 0.1) is 11.4 Å². The van der Waals surface area contributed by atoms with E-state index in [0.717, 1.165) is 40.3 Å². The van der Waals surface area contributed by atoms with Crippen molar-refractivity contribution >= 4 is 28.7 Å². The van der Waals surface area contributed by atoms with Gasteiger partial charge in [0.1, 0.15) is 17.8 Å². The lowest BCUT2D eigenvalue weighted by Gasteiger charge is -2.26. The van der Waals surface area contributed by atoms with Crippen LogP contribution in [-0.2, 0) is 0 Å². The molecule has 7 aromatic rings. The number of rotatable bonds is 8. The number of benzene rings is 7. The van der Waals surface area contributed by atoms with Crippen LogP contribution in [0.15, 0.2) is 192 Å². The molecule has 9 rings (SSSR count). The summed E-state index contributed by atoms with van der Waals surface area (Å²) in [5.74, 6) is 1.64. The van der Waals surface area contributed by atoms with Crippen LogP contribution in [-0.4, -0.2) is 17.8 Å². The molecule has 0 spiro atoms. The summed E-state index contributed by atoms with van der Waals surface area (Å²) in [6.07, 6.45) is 0.919. The Balaban J connectivity index is 0.931. The first kappa shape index (κ1) is 32.2. The van der Waals surface area contributed by atoms with Crippen LogP contribution < -0.4 is 15.5 Å². The zero-order valence-corrected chi connectivity index (χ0v) is 29.5. The van der Waals surface area contributed by atoms with Crippen molar-refractivity contribution in [1.82, 2.24) is 5.32 Å². The van der Waals surface area contributed by atoms with Gasteiger partial charge in [-0.05, 0) is 75.7 Å². The summed E-state index contributed by atoms with van der Waals surface area (Å²) in [5.41, 5.74) is 13.9. The summed E-state index contributed by atoms with van der Waals surface area (Å²) in [5, 5.41) is 7.13. The van der Waals surface area contributed by atoms with E-state index in [-0.39, 0.29) is 12.3 Å². The number of nitrogens with one attached hydrogen (secondary N) is 2. The highest BCUT2D eigenvalue weighted by atomic mass is 15.3. The van der Waals surface area contributed by atoms with Crippen molar-refractivity contribution in [3.8, 4) is 33.4 Å². The Kier molecular flexibility index (Phi) is 8.58. The van der Waals surface area contributed by atoms with Gasteiger partial charge in [-0.25, -0.2) is 9.98 Å². The van der Waals surface area contributed by atoms with Gasteiger partial charge in [-0.1, -0.05) is 159 Å². The van der Waals surface area contributed by atoms with Crippen molar-refractivity contribution in [2.45, 2.75) is 25.7 Å². The first-order valence-corrected chi connectivity index (χ1v) is 18.3. The Morgan fingerprint density at radius 2 is 0.943 bits per heavy atom. The Hall–Kier alpha value is -6.72. The number of hydrogen-bond donors (Lipinski definition) is 2. The number of hydrogen-bond acceptors (Lipinski definition) is 5. The van der Waals surface area contributed by atoms with Gasteiger partial charge in [-0.15, -0.1) is 0 Å². The lowest BCUT2D eigenvalue weighted by Crippen LogP contribution is -2.35. The fraction of sp³-hybridized carbons (Fsp3) is 0.0833. The highest BCUT2D eigenvalue weighted by Gasteiger charge is 2.28. The quantitative estimate of drug-likeness (QED) is 0.167. The van der Waals surface area contributed by atoms with Crippen molar-refractivity contribution < 1.29 is 0 Å². The molecule has 53 heavy (non-hydrogen) atoms. The van der Waals surface area contributed by atoms with Gasteiger partial charge >= 0.3 is 0 Å². The fourth-order valence-electron chi connectivity index (χ4n) is 7.30. The molecular weight excluding hydrogens is 647 g/mol. The Labute approximate surface area is 311 Å². The smallest absolute Gasteiger partial charge is 0.169 e. The van der Waals surface area contributed by atoms with Gasteiger partial charge in [0.25, 0.3) is 0 Å². The number of aliphatic imine (C=N–C) groups is 2. The first-order chi connectivity index (χ1) is 26.2. The SMILES string of the molecule is CCC1Nc2ccccc2N1c1ccc(-c2cccc(-c3ccc(-c4ccc(C5N=C(c6ccccc6)NC(c6ccccc6)=N5)cc4)cc3)c2)cc1. The first-order valence-electron chi connectivity index (χ1n) is 18.3. The van der Waals surface area contributed by atoms with Crippen LogP contribution in [0.2, 0.25) is 0 Å². The number of fused-ring (bicyclic) bond motifs is 1. The Morgan fingerprint density at radius 3 is 1.51 bits per heavy atom. The highest BCUT2D eigenvalue weighted by molar-refractivity contribution is 6.15. The van der Waals surface area contributed by atoms with E-state index in [1.54, 1.807) is 0 Å². The molecule has 7 aromatic carbocycles. The average molecular weight is 686 g/mol. The largest absolute Gasteiger partial charge is 0.363 e. The van der Waals surface area contributed by atoms with E-state index in [9.17, 15) is 0 Å². The topological polar surface area (TPSA) is 52.0 Å². The highest BCUT2D eigenvalue weighted by Crippen LogP contribution is 2.41. The number of anilines is 3. The van der Waals surface area contributed by atoms with Crippen LogP contribution >= 0.6 is 0 Å². The number of nitrogens with zero attached hydrogens (tertiary/aromatic N) is 3. The second-order valence-corrected chi connectivity index (χ2v) is 13.5. The van der Waals surface area contributed by atoms with Gasteiger partial charge in [0.15, 0.2) is 6.17 Å². The molecule has 0 aromatic heterocycles. The molecule has 1 atom stereocenters. The molecule has 0 amide bonds. The third-order valence-corrected chi connectivity index (χ3v) is 10.1. The van der Waals surface area contributed by atoms with Crippen molar-refractivity contribution in [3.63, 3.8) is 0 Å². The minimum atomic E-state index is -0.344. The second kappa shape index (κ2) is 14.1. The molecular formula is C48H39N5. The molecule has 0 saturated carbocycles. The lowest BCUT2D eigenvalue weighted by molar-refractivity contribution is 0.728. The van der Waals surface area contributed by atoms with Gasteiger partial charge < -0.3 is 15.5 Å². The Bertz CT molecular complexity index is 2360. The summed E-state index contributed by atoms with van der Waals surface area (Å²) >= 11 is 0. The van der Waals surface area contributed by atoms with Crippen LogP contribution in [0.4, 0.5) is 17.1 Å². The molecule has 2 aliphatic rings. The zero-order chi connectivity index (χ0) is 35.6. The summed E-state index contributed by atoms with van der Waals surface area (Å²) in [7, 11) is 0. The van der Waals surface area contributed by atoms with E-state index in [1.807, 2.05) is 36.4 Å². The van der Waals surface area contributed by atoms with Gasteiger partial charge in [-0.3, -0.25) is 0 Å². The molecule has 0 saturated heterocycles. The van der Waals surface area contributed by atoms with Crippen LogP contribution in [0.1, 0.15) is 36.2 Å². The molecule has 256 valence electrons. The lowest BCUT2D eigenvalue weighted by atomic mass is 9.96. The summed E-state index contributed by atoms with van der Waals surface area (Å²) in [6.45, 7) is 2.22. The minimum Gasteiger partial charge on any atom is -0.363 e. The predicted octanol–water partition coefficient (Wildman–Crippen LogP) is 11.5. The molecule has 0 aliphatic carbocycles. The van der Waals surface area contributed by atoms with E-state index in [0.29, 0.717) is 0 Å². The minimum absolute atomic E-state index is 0.251. The maximum absolute atomic E-state index is 5.02. The molecule has 0 radical (unpaired) electrons. The predicted molar refractivity (Wildman–Crippen MR) is 221 cm³/mol. The van der Waals surface area contributed by atoms with Crippen molar-refractivity contribution in [2.75, 3.05) is 10.2 Å². The van der Waals surface area contributed by atoms with E-state index in [1.165, 1.54) is 44.9 Å². The molecule has 1 unspecified atom stereocenters. The van der Waals surface area contributed by atoms with Crippen molar-refractivity contribution in [2.24, 2.45) is 9.98 Å². The molecule has 5 heteroatoms. The third-order valence-electron chi connectivity index (χ3n) is 10.1. The Morgan fingerprint density at radius 1 is 0.472 bits per heavy atom. The number of para-hydroxylation sites is 2. The normalized spacial score (nSPS) is 15.2. The van der Waals surface area contributed by atoms with E-state index >= 15 is 0 Å². The van der Waals surface area contributed by atoms with E-state index < -0.39 is 0 Å². The third kappa shape index (κ3) is 6.49. The van der Waals surface area contributed by atoms with E-state index in [2.05, 4.69) is 168 Å². The molecule has 0 fully saturated rings. The van der Waals surface area contributed by atoms with Crippen LogP contribution in [0.25, 0.3) is 33.4 Å². The number of amidine groups is 2.